The molecule has 0 spiro atoms. The molecule has 102 valence electrons. The molecular formula is C14H19N3OS. The summed E-state index contributed by atoms with van der Waals surface area (Å²) in [5.74, 6) is 0.581. The van der Waals surface area contributed by atoms with Crippen molar-refractivity contribution >= 4 is 33.3 Å². The number of fused-ring (bicyclic) bond motifs is 1. The van der Waals surface area contributed by atoms with E-state index in [0.29, 0.717) is 18.9 Å². The number of benzene rings is 1. The maximum atomic E-state index is 11.6. The number of anilines is 1. The molecule has 1 aromatic heterocycles. The number of carbonyl (C=O) groups is 1. The second-order valence-electron chi connectivity index (χ2n) is 4.90. The Bertz CT molecular complexity index is 550. The maximum Gasteiger partial charge on any atom is 0.221 e. The summed E-state index contributed by atoms with van der Waals surface area (Å²) in [6.07, 6.45) is 0.485. The van der Waals surface area contributed by atoms with E-state index in [9.17, 15) is 4.79 Å². The summed E-state index contributed by atoms with van der Waals surface area (Å²) < 4.78 is 4.35. The predicted molar refractivity (Wildman–Crippen MR) is 80.6 cm³/mol. The van der Waals surface area contributed by atoms with Gasteiger partial charge < -0.3 is 10.6 Å². The lowest BCUT2D eigenvalue weighted by molar-refractivity contribution is -0.120. The first-order valence-corrected chi connectivity index (χ1v) is 7.29. The fraction of sp³-hybridized carbons (Fsp3) is 0.429. The number of aromatic nitrogens is 1. The molecule has 2 N–H and O–H groups in total. The Morgan fingerprint density at radius 1 is 1.37 bits per heavy atom. The minimum Gasteiger partial charge on any atom is -0.375 e. The molecular weight excluding hydrogens is 258 g/mol. The molecule has 0 atom stereocenters. The Kier molecular flexibility index (Phi) is 4.74. The number of rotatable bonds is 6. The maximum absolute atomic E-state index is 11.6. The molecule has 1 aromatic carbocycles. The largest absolute Gasteiger partial charge is 0.375 e. The number of nitrogens with zero attached hydrogens (tertiary/aromatic N) is 1. The highest BCUT2D eigenvalue weighted by Gasteiger charge is 2.06. The van der Waals surface area contributed by atoms with Gasteiger partial charge in [0.2, 0.25) is 5.91 Å². The van der Waals surface area contributed by atoms with Crippen LogP contribution in [0.3, 0.4) is 0 Å². The van der Waals surface area contributed by atoms with Crippen molar-refractivity contribution < 1.29 is 4.79 Å². The number of amides is 1. The van der Waals surface area contributed by atoms with Crippen LogP contribution in [0.15, 0.2) is 24.3 Å². The second-order valence-corrected chi connectivity index (χ2v) is 5.68. The van der Waals surface area contributed by atoms with Gasteiger partial charge in [-0.2, -0.15) is 4.37 Å². The second kappa shape index (κ2) is 6.52. The van der Waals surface area contributed by atoms with Crippen molar-refractivity contribution in [3.63, 3.8) is 0 Å². The normalized spacial score (nSPS) is 10.9. The summed E-state index contributed by atoms with van der Waals surface area (Å²) in [6, 6.07) is 8.01. The Labute approximate surface area is 117 Å². The Balaban J connectivity index is 1.81. The SMILES string of the molecule is CC(C)CNC(=O)CCNc1snc2ccccc12. The molecule has 0 radical (unpaired) electrons. The van der Waals surface area contributed by atoms with Gasteiger partial charge in [-0.15, -0.1) is 0 Å². The van der Waals surface area contributed by atoms with Gasteiger partial charge >= 0.3 is 0 Å². The van der Waals surface area contributed by atoms with Gasteiger partial charge in [0.1, 0.15) is 5.00 Å². The molecule has 0 aliphatic rings. The third-order valence-electron chi connectivity index (χ3n) is 2.73. The van der Waals surface area contributed by atoms with E-state index in [1.54, 1.807) is 0 Å². The first-order chi connectivity index (χ1) is 9.16. The van der Waals surface area contributed by atoms with Gasteiger partial charge in [0.25, 0.3) is 0 Å². The number of hydrogen-bond donors (Lipinski definition) is 2. The van der Waals surface area contributed by atoms with Crippen molar-refractivity contribution in [2.45, 2.75) is 20.3 Å². The number of nitrogens with one attached hydrogen (secondary N) is 2. The van der Waals surface area contributed by atoms with Gasteiger partial charge in [-0.25, -0.2) is 0 Å². The fourth-order valence-corrected chi connectivity index (χ4v) is 2.50. The van der Waals surface area contributed by atoms with Crippen molar-refractivity contribution in [2.24, 2.45) is 5.92 Å². The smallest absolute Gasteiger partial charge is 0.221 e. The minimum atomic E-state index is 0.0926. The first kappa shape index (κ1) is 13.8. The molecule has 2 rings (SSSR count). The van der Waals surface area contributed by atoms with Crippen molar-refractivity contribution in [3.8, 4) is 0 Å². The van der Waals surface area contributed by atoms with E-state index < -0.39 is 0 Å². The van der Waals surface area contributed by atoms with E-state index >= 15 is 0 Å². The molecule has 1 amide bonds. The summed E-state index contributed by atoms with van der Waals surface area (Å²) in [5.41, 5.74) is 0.999. The van der Waals surface area contributed by atoms with Crippen LogP contribution in [-0.4, -0.2) is 23.4 Å². The molecule has 19 heavy (non-hydrogen) atoms. The van der Waals surface area contributed by atoms with Gasteiger partial charge in [-0.05, 0) is 29.6 Å². The lowest BCUT2D eigenvalue weighted by Gasteiger charge is -2.08. The van der Waals surface area contributed by atoms with Crippen molar-refractivity contribution in [1.82, 2.24) is 9.69 Å². The average Bonchev–Trinajstić information content (AvgIpc) is 2.80. The van der Waals surface area contributed by atoms with Crippen LogP contribution in [0.1, 0.15) is 20.3 Å². The lowest BCUT2D eigenvalue weighted by Crippen LogP contribution is -2.28. The van der Waals surface area contributed by atoms with Crippen LogP contribution < -0.4 is 10.6 Å². The highest BCUT2D eigenvalue weighted by atomic mass is 32.1. The molecule has 0 saturated carbocycles. The zero-order valence-electron chi connectivity index (χ0n) is 11.3. The molecule has 2 aromatic rings. The minimum absolute atomic E-state index is 0.0926. The van der Waals surface area contributed by atoms with Crippen LogP contribution in [0.5, 0.6) is 0 Å². The Morgan fingerprint density at radius 2 is 2.16 bits per heavy atom. The monoisotopic (exact) mass is 277 g/mol. The molecule has 5 heteroatoms. The Morgan fingerprint density at radius 3 is 2.95 bits per heavy atom. The first-order valence-electron chi connectivity index (χ1n) is 6.52. The zero-order chi connectivity index (χ0) is 13.7. The van der Waals surface area contributed by atoms with Gasteiger partial charge in [-0.1, -0.05) is 26.0 Å². The quantitative estimate of drug-likeness (QED) is 0.853. The van der Waals surface area contributed by atoms with Crippen LogP contribution >= 0.6 is 11.5 Å². The molecule has 0 aliphatic carbocycles. The summed E-state index contributed by atoms with van der Waals surface area (Å²) in [7, 11) is 0. The molecule has 0 bridgehead atoms. The number of hydrogen-bond acceptors (Lipinski definition) is 4. The van der Waals surface area contributed by atoms with E-state index in [0.717, 1.165) is 22.4 Å². The van der Waals surface area contributed by atoms with Gasteiger partial charge in [0.15, 0.2) is 0 Å². The van der Waals surface area contributed by atoms with E-state index in [1.165, 1.54) is 11.5 Å². The van der Waals surface area contributed by atoms with Gasteiger partial charge in [-0.3, -0.25) is 4.79 Å². The zero-order valence-corrected chi connectivity index (χ0v) is 12.1. The van der Waals surface area contributed by atoms with E-state index in [2.05, 4.69) is 28.9 Å². The van der Waals surface area contributed by atoms with E-state index in [-0.39, 0.29) is 5.91 Å². The van der Waals surface area contributed by atoms with Crippen LogP contribution in [0.25, 0.3) is 10.9 Å². The van der Waals surface area contributed by atoms with Gasteiger partial charge in [0.05, 0.1) is 5.52 Å². The number of carbonyl (C=O) groups excluding carboxylic acids is 1. The van der Waals surface area contributed by atoms with Crippen LogP contribution in [0.2, 0.25) is 0 Å². The molecule has 4 nitrogen and oxygen atoms in total. The molecule has 0 fully saturated rings. The topological polar surface area (TPSA) is 54.0 Å². The molecule has 0 aliphatic heterocycles. The highest BCUT2D eigenvalue weighted by molar-refractivity contribution is 7.11. The molecule has 1 heterocycles. The lowest BCUT2D eigenvalue weighted by atomic mass is 10.2. The van der Waals surface area contributed by atoms with Crippen molar-refractivity contribution in [1.29, 1.82) is 0 Å². The van der Waals surface area contributed by atoms with Crippen LogP contribution in [0.4, 0.5) is 5.00 Å². The van der Waals surface area contributed by atoms with Crippen LogP contribution in [-0.2, 0) is 4.79 Å². The van der Waals surface area contributed by atoms with Crippen molar-refractivity contribution in [2.75, 3.05) is 18.4 Å². The predicted octanol–water partition coefficient (Wildman–Crippen LogP) is 2.87. The summed E-state index contributed by atoms with van der Waals surface area (Å²) in [4.78, 5) is 11.6. The van der Waals surface area contributed by atoms with E-state index in [1.807, 2.05) is 24.3 Å². The summed E-state index contributed by atoms with van der Waals surface area (Å²) >= 11 is 1.44. The standard InChI is InChI=1S/C14H19N3OS/c1-10(2)9-16-13(18)7-8-15-14-11-5-3-4-6-12(11)17-19-14/h3-6,10,15H,7-9H2,1-2H3,(H,16,18). The molecule has 0 saturated heterocycles. The summed E-state index contributed by atoms with van der Waals surface area (Å²) in [5, 5.41) is 8.34. The Hall–Kier alpha value is -1.62. The van der Waals surface area contributed by atoms with Crippen LogP contribution in [0, 0.1) is 5.92 Å². The third-order valence-corrected chi connectivity index (χ3v) is 3.56. The highest BCUT2D eigenvalue weighted by Crippen LogP contribution is 2.26. The fourth-order valence-electron chi connectivity index (χ4n) is 1.71. The van der Waals surface area contributed by atoms with Gasteiger partial charge in [0, 0.05) is 24.9 Å². The van der Waals surface area contributed by atoms with E-state index in [4.69, 9.17) is 0 Å². The average molecular weight is 277 g/mol. The van der Waals surface area contributed by atoms with Crippen molar-refractivity contribution in [3.05, 3.63) is 24.3 Å². The third kappa shape index (κ3) is 3.92. The molecule has 0 unspecified atom stereocenters. The summed E-state index contributed by atoms with van der Waals surface area (Å²) in [6.45, 7) is 5.54.